The Labute approximate surface area is 125 Å². The van der Waals surface area contributed by atoms with Crippen LogP contribution in [0, 0.1) is 5.92 Å². The molecule has 1 aliphatic rings. The number of hydrazine groups is 1. The summed E-state index contributed by atoms with van der Waals surface area (Å²) in [6.07, 6.45) is 1.69. The van der Waals surface area contributed by atoms with Crippen molar-refractivity contribution in [2.75, 3.05) is 13.7 Å². The largest absolute Gasteiger partial charge is 0.493 e. The Morgan fingerprint density at radius 1 is 1.45 bits per heavy atom. The standard InChI is InChI=1S/C15H23ClN2O2/c1-9(2)14(19-3)13(18-17)8-11-7-12(16)6-10-4-5-20-15(10)11/h6-7,9,13-14,18H,4-5,8,17H2,1-3H3. The van der Waals surface area contributed by atoms with Crippen LogP contribution in [0.4, 0.5) is 0 Å². The second kappa shape index (κ2) is 6.76. The fraction of sp³-hybridized carbons (Fsp3) is 0.600. The predicted octanol–water partition coefficient (Wildman–Crippen LogP) is 2.32. The molecule has 0 aromatic heterocycles. The minimum atomic E-state index is 0.0202. The van der Waals surface area contributed by atoms with Gasteiger partial charge in [0, 0.05) is 18.6 Å². The van der Waals surface area contributed by atoms with Crippen LogP contribution in [0.15, 0.2) is 12.1 Å². The molecule has 1 aromatic carbocycles. The molecule has 1 aromatic rings. The van der Waals surface area contributed by atoms with Crippen LogP contribution < -0.4 is 16.0 Å². The molecule has 20 heavy (non-hydrogen) atoms. The Kier molecular flexibility index (Phi) is 5.27. The molecule has 112 valence electrons. The van der Waals surface area contributed by atoms with Crippen molar-refractivity contribution in [3.05, 3.63) is 28.3 Å². The first-order valence-corrected chi connectivity index (χ1v) is 7.37. The number of rotatable bonds is 6. The van der Waals surface area contributed by atoms with E-state index in [9.17, 15) is 0 Å². The van der Waals surface area contributed by atoms with Gasteiger partial charge in [0.1, 0.15) is 5.75 Å². The highest BCUT2D eigenvalue weighted by atomic mass is 35.5. The number of hydrogen-bond acceptors (Lipinski definition) is 4. The Morgan fingerprint density at radius 3 is 2.80 bits per heavy atom. The van der Waals surface area contributed by atoms with Crippen LogP contribution in [0.1, 0.15) is 25.0 Å². The van der Waals surface area contributed by atoms with Crippen LogP contribution in [0.25, 0.3) is 0 Å². The van der Waals surface area contributed by atoms with Crippen molar-refractivity contribution in [1.29, 1.82) is 0 Å². The van der Waals surface area contributed by atoms with Gasteiger partial charge in [0.25, 0.3) is 0 Å². The van der Waals surface area contributed by atoms with E-state index >= 15 is 0 Å². The third-order valence-electron chi connectivity index (χ3n) is 3.81. The van der Waals surface area contributed by atoms with E-state index < -0.39 is 0 Å². The summed E-state index contributed by atoms with van der Waals surface area (Å²) in [6, 6.07) is 3.96. The number of nitrogens with one attached hydrogen (secondary N) is 1. The second-order valence-electron chi connectivity index (χ2n) is 5.57. The third kappa shape index (κ3) is 3.26. The second-order valence-corrected chi connectivity index (χ2v) is 6.01. The SMILES string of the molecule is COC(C(C)C)C(Cc1cc(Cl)cc2c1OCC2)NN. The fourth-order valence-electron chi connectivity index (χ4n) is 2.91. The van der Waals surface area contributed by atoms with E-state index in [2.05, 4.69) is 19.3 Å². The zero-order chi connectivity index (χ0) is 14.7. The molecular weight excluding hydrogens is 276 g/mol. The molecule has 0 amide bonds. The summed E-state index contributed by atoms with van der Waals surface area (Å²) in [5.41, 5.74) is 5.15. The highest BCUT2D eigenvalue weighted by Gasteiger charge is 2.26. The molecule has 3 N–H and O–H groups in total. The van der Waals surface area contributed by atoms with Gasteiger partial charge < -0.3 is 9.47 Å². The summed E-state index contributed by atoms with van der Waals surface area (Å²) in [6.45, 7) is 4.97. The van der Waals surface area contributed by atoms with Gasteiger partial charge >= 0.3 is 0 Å². The molecule has 0 aliphatic carbocycles. The Hall–Kier alpha value is -0.810. The van der Waals surface area contributed by atoms with Gasteiger partial charge in [-0.2, -0.15) is 0 Å². The zero-order valence-electron chi connectivity index (χ0n) is 12.3. The lowest BCUT2D eigenvalue weighted by Gasteiger charge is -2.29. The van der Waals surface area contributed by atoms with Crippen LogP contribution in [-0.4, -0.2) is 25.9 Å². The van der Waals surface area contributed by atoms with E-state index in [1.165, 1.54) is 5.56 Å². The average molecular weight is 299 g/mol. The van der Waals surface area contributed by atoms with Crippen LogP contribution in [0.2, 0.25) is 5.02 Å². The number of nitrogens with two attached hydrogens (primary N) is 1. The number of hydrogen-bond donors (Lipinski definition) is 2. The lowest BCUT2D eigenvalue weighted by Crippen LogP contribution is -2.48. The van der Waals surface area contributed by atoms with Gasteiger partial charge in [-0.3, -0.25) is 11.3 Å². The van der Waals surface area contributed by atoms with Gasteiger partial charge in [0.15, 0.2) is 0 Å². The Bertz CT molecular complexity index is 465. The van der Waals surface area contributed by atoms with Gasteiger partial charge in [-0.15, -0.1) is 0 Å². The molecule has 2 atom stereocenters. The van der Waals surface area contributed by atoms with Crippen LogP contribution in [0.5, 0.6) is 5.75 Å². The molecule has 1 aliphatic heterocycles. The van der Waals surface area contributed by atoms with Crippen LogP contribution in [0.3, 0.4) is 0 Å². The number of benzene rings is 1. The number of ether oxygens (including phenoxy) is 2. The van der Waals surface area contributed by atoms with E-state index in [1.54, 1.807) is 7.11 Å². The van der Waals surface area contributed by atoms with E-state index in [0.717, 1.165) is 35.8 Å². The van der Waals surface area contributed by atoms with Gasteiger partial charge in [-0.25, -0.2) is 0 Å². The molecule has 0 fully saturated rings. The minimum Gasteiger partial charge on any atom is -0.493 e. The number of halogens is 1. The average Bonchev–Trinajstić information content (AvgIpc) is 2.85. The maximum Gasteiger partial charge on any atom is 0.125 e. The van der Waals surface area contributed by atoms with E-state index in [0.29, 0.717) is 5.92 Å². The van der Waals surface area contributed by atoms with Gasteiger partial charge in [-0.05, 0) is 35.6 Å². The normalized spacial score (nSPS) is 16.9. The quantitative estimate of drug-likeness (QED) is 0.625. The minimum absolute atomic E-state index is 0.0202. The van der Waals surface area contributed by atoms with E-state index in [4.69, 9.17) is 26.9 Å². The molecule has 1 heterocycles. The smallest absolute Gasteiger partial charge is 0.125 e. The predicted molar refractivity (Wildman–Crippen MR) is 81.1 cm³/mol. The molecule has 0 radical (unpaired) electrons. The van der Waals surface area contributed by atoms with Crippen molar-refractivity contribution in [2.45, 2.75) is 38.8 Å². The van der Waals surface area contributed by atoms with Crippen molar-refractivity contribution in [3.63, 3.8) is 0 Å². The summed E-state index contributed by atoms with van der Waals surface area (Å²) in [5.74, 6) is 7.05. The maximum absolute atomic E-state index is 6.19. The lowest BCUT2D eigenvalue weighted by atomic mass is 9.93. The lowest BCUT2D eigenvalue weighted by molar-refractivity contribution is 0.0331. The molecule has 0 bridgehead atoms. The Balaban J connectivity index is 2.24. The first-order valence-electron chi connectivity index (χ1n) is 6.99. The van der Waals surface area contributed by atoms with Gasteiger partial charge in [-0.1, -0.05) is 25.4 Å². The summed E-state index contributed by atoms with van der Waals surface area (Å²) in [4.78, 5) is 0. The van der Waals surface area contributed by atoms with Gasteiger partial charge in [0.05, 0.1) is 18.8 Å². The Morgan fingerprint density at radius 2 is 2.20 bits per heavy atom. The molecule has 5 heteroatoms. The van der Waals surface area contributed by atoms with Gasteiger partial charge in [0.2, 0.25) is 0 Å². The van der Waals surface area contributed by atoms with Crippen molar-refractivity contribution in [1.82, 2.24) is 5.43 Å². The maximum atomic E-state index is 6.19. The summed E-state index contributed by atoms with van der Waals surface area (Å²) < 4.78 is 11.3. The summed E-state index contributed by atoms with van der Waals surface area (Å²) in [5, 5.41) is 0.749. The molecular formula is C15H23ClN2O2. The van der Waals surface area contributed by atoms with Crippen molar-refractivity contribution >= 4 is 11.6 Å². The first-order chi connectivity index (χ1) is 9.56. The third-order valence-corrected chi connectivity index (χ3v) is 4.02. The van der Waals surface area contributed by atoms with Crippen LogP contribution in [-0.2, 0) is 17.6 Å². The van der Waals surface area contributed by atoms with E-state index in [1.807, 2.05) is 12.1 Å². The zero-order valence-corrected chi connectivity index (χ0v) is 13.0. The van der Waals surface area contributed by atoms with Crippen molar-refractivity contribution < 1.29 is 9.47 Å². The monoisotopic (exact) mass is 298 g/mol. The number of methoxy groups -OCH3 is 1. The van der Waals surface area contributed by atoms with E-state index in [-0.39, 0.29) is 12.1 Å². The van der Waals surface area contributed by atoms with Crippen molar-refractivity contribution in [2.24, 2.45) is 11.8 Å². The molecule has 0 spiro atoms. The fourth-order valence-corrected chi connectivity index (χ4v) is 3.17. The highest BCUT2D eigenvalue weighted by Crippen LogP contribution is 2.34. The molecule has 0 saturated heterocycles. The molecule has 0 saturated carbocycles. The summed E-state index contributed by atoms with van der Waals surface area (Å²) >= 11 is 6.19. The number of fused-ring (bicyclic) bond motifs is 1. The molecule has 2 unspecified atom stereocenters. The molecule has 2 rings (SSSR count). The van der Waals surface area contributed by atoms with Crippen LogP contribution >= 0.6 is 11.6 Å². The molecule has 4 nitrogen and oxygen atoms in total. The first kappa shape index (κ1) is 15.6. The van der Waals surface area contributed by atoms with Crippen molar-refractivity contribution in [3.8, 4) is 5.75 Å². The highest BCUT2D eigenvalue weighted by molar-refractivity contribution is 6.30. The summed E-state index contributed by atoms with van der Waals surface area (Å²) in [7, 11) is 1.72. The topological polar surface area (TPSA) is 56.5 Å².